The first-order valence-electron chi connectivity index (χ1n) is 9.39. The predicted octanol–water partition coefficient (Wildman–Crippen LogP) is 3.50. The number of amides is 3. The second-order valence-corrected chi connectivity index (χ2v) is 8.18. The van der Waals surface area contributed by atoms with Crippen LogP contribution >= 0.6 is 15.9 Å². The van der Waals surface area contributed by atoms with Crippen molar-refractivity contribution in [1.82, 2.24) is 10.2 Å². The minimum absolute atomic E-state index is 0.172. The van der Waals surface area contributed by atoms with Gasteiger partial charge in [0.25, 0.3) is 5.91 Å². The number of urea groups is 1. The fourth-order valence-electron chi connectivity index (χ4n) is 4.35. The zero-order chi connectivity index (χ0) is 19.3. The molecule has 0 radical (unpaired) electrons. The molecule has 0 unspecified atom stereocenters. The summed E-state index contributed by atoms with van der Waals surface area (Å²) in [6.07, 6.45) is 2.41. The average molecular weight is 443 g/mol. The molecule has 144 valence electrons. The minimum atomic E-state index is -0.952. The number of ether oxygens (including phenoxy) is 2. The molecule has 0 saturated carbocycles. The summed E-state index contributed by atoms with van der Waals surface area (Å²) in [4.78, 5) is 27.5. The molecule has 3 aliphatic rings. The van der Waals surface area contributed by atoms with E-state index in [0.29, 0.717) is 31.1 Å². The molecule has 2 heterocycles. The third kappa shape index (κ3) is 2.60. The number of nitrogens with zero attached hydrogens (tertiary/aromatic N) is 1. The molecular weight excluding hydrogens is 424 g/mol. The summed E-state index contributed by atoms with van der Waals surface area (Å²) >= 11 is 3.53. The number of halogens is 1. The van der Waals surface area contributed by atoms with Crippen molar-refractivity contribution in [3.05, 3.63) is 57.6 Å². The Morgan fingerprint density at radius 3 is 2.68 bits per heavy atom. The van der Waals surface area contributed by atoms with E-state index in [9.17, 15) is 9.59 Å². The van der Waals surface area contributed by atoms with Crippen LogP contribution in [0.5, 0.6) is 11.5 Å². The van der Waals surface area contributed by atoms with Gasteiger partial charge in [0.15, 0.2) is 11.5 Å². The minimum Gasteiger partial charge on any atom is -0.486 e. The Morgan fingerprint density at radius 2 is 1.86 bits per heavy atom. The van der Waals surface area contributed by atoms with E-state index in [4.69, 9.17) is 9.47 Å². The summed E-state index contributed by atoms with van der Waals surface area (Å²) < 4.78 is 12.0. The standard InChI is InChI=1S/C21H19BrN2O4/c22-16-11-18-17(27-8-9-28-18)10-14(16)12-24-19(25)21(23-20(24)26)7-3-5-13-4-1-2-6-15(13)21/h1-2,4,6,10-11H,3,5,7-9,12H2,(H,23,26)/t21-/m1/s1. The molecule has 28 heavy (non-hydrogen) atoms. The maximum absolute atomic E-state index is 13.4. The van der Waals surface area contributed by atoms with E-state index < -0.39 is 5.54 Å². The zero-order valence-corrected chi connectivity index (χ0v) is 16.8. The van der Waals surface area contributed by atoms with Crippen molar-refractivity contribution >= 4 is 27.9 Å². The van der Waals surface area contributed by atoms with Crippen LogP contribution in [0.4, 0.5) is 4.79 Å². The van der Waals surface area contributed by atoms with Gasteiger partial charge in [-0.2, -0.15) is 0 Å². The SMILES string of the molecule is O=C1N[C@@]2(CCCc3ccccc32)C(=O)N1Cc1cc2c(cc1Br)OCCO2. The van der Waals surface area contributed by atoms with Crippen LogP contribution in [0.2, 0.25) is 0 Å². The van der Waals surface area contributed by atoms with Gasteiger partial charge in [0, 0.05) is 4.47 Å². The van der Waals surface area contributed by atoms with Crippen LogP contribution in [0.15, 0.2) is 40.9 Å². The Labute approximate surface area is 170 Å². The van der Waals surface area contributed by atoms with Gasteiger partial charge in [0.05, 0.1) is 6.54 Å². The lowest BCUT2D eigenvalue weighted by atomic mass is 9.76. The maximum atomic E-state index is 13.4. The maximum Gasteiger partial charge on any atom is 0.325 e. The Balaban J connectivity index is 1.49. The van der Waals surface area contributed by atoms with Crippen LogP contribution in [0.1, 0.15) is 29.5 Å². The normalized spacial score (nSPS) is 23.0. The second-order valence-electron chi connectivity index (χ2n) is 7.32. The van der Waals surface area contributed by atoms with Crippen molar-refractivity contribution < 1.29 is 19.1 Å². The van der Waals surface area contributed by atoms with Gasteiger partial charge in [-0.15, -0.1) is 0 Å². The van der Waals surface area contributed by atoms with Gasteiger partial charge in [-0.05, 0) is 48.1 Å². The highest BCUT2D eigenvalue weighted by Gasteiger charge is 2.53. The van der Waals surface area contributed by atoms with Crippen molar-refractivity contribution in [1.29, 1.82) is 0 Å². The van der Waals surface area contributed by atoms with E-state index in [1.807, 2.05) is 36.4 Å². The summed E-state index contributed by atoms with van der Waals surface area (Å²) in [5, 5.41) is 2.99. The zero-order valence-electron chi connectivity index (χ0n) is 15.2. The molecular formula is C21H19BrN2O4. The number of hydrogen-bond acceptors (Lipinski definition) is 4. The molecule has 1 atom stereocenters. The summed E-state index contributed by atoms with van der Waals surface area (Å²) in [5.41, 5.74) is 1.90. The largest absolute Gasteiger partial charge is 0.486 e. The van der Waals surface area contributed by atoms with E-state index >= 15 is 0 Å². The van der Waals surface area contributed by atoms with Crippen LogP contribution in [0.25, 0.3) is 0 Å². The van der Waals surface area contributed by atoms with E-state index in [2.05, 4.69) is 21.2 Å². The molecule has 1 N–H and O–H groups in total. The van der Waals surface area contributed by atoms with E-state index in [-0.39, 0.29) is 18.5 Å². The molecule has 1 fully saturated rings. The van der Waals surface area contributed by atoms with Crippen LogP contribution in [0.3, 0.4) is 0 Å². The van der Waals surface area contributed by atoms with Crippen LogP contribution in [-0.4, -0.2) is 30.1 Å². The Hall–Kier alpha value is -2.54. The first-order chi connectivity index (χ1) is 13.6. The van der Waals surface area contributed by atoms with Crippen molar-refractivity contribution in [2.75, 3.05) is 13.2 Å². The molecule has 2 aromatic rings. The van der Waals surface area contributed by atoms with Crippen molar-refractivity contribution in [2.45, 2.75) is 31.3 Å². The van der Waals surface area contributed by atoms with Crippen LogP contribution in [-0.2, 0) is 23.3 Å². The lowest BCUT2D eigenvalue weighted by Gasteiger charge is -2.33. The molecule has 0 bridgehead atoms. The smallest absolute Gasteiger partial charge is 0.325 e. The topological polar surface area (TPSA) is 67.9 Å². The van der Waals surface area contributed by atoms with Crippen molar-refractivity contribution in [3.63, 3.8) is 0 Å². The summed E-state index contributed by atoms with van der Waals surface area (Å²) in [5.74, 6) is 1.11. The Morgan fingerprint density at radius 1 is 1.11 bits per heavy atom. The molecule has 0 aromatic heterocycles. The Kier molecular flexibility index (Phi) is 4.08. The molecule has 3 amide bonds. The number of imide groups is 1. The Bertz CT molecular complexity index is 992. The monoisotopic (exact) mass is 442 g/mol. The molecule has 2 aromatic carbocycles. The highest BCUT2D eigenvalue weighted by atomic mass is 79.9. The van der Waals surface area contributed by atoms with Crippen molar-refractivity contribution in [3.8, 4) is 11.5 Å². The fourth-order valence-corrected chi connectivity index (χ4v) is 4.80. The summed E-state index contributed by atoms with van der Waals surface area (Å²) in [6.45, 7) is 1.16. The van der Waals surface area contributed by atoms with Crippen LogP contribution < -0.4 is 14.8 Å². The van der Waals surface area contributed by atoms with Gasteiger partial charge >= 0.3 is 6.03 Å². The first kappa shape index (κ1) is 17.6. The van der Waals surface area contributed by atoms with Gasteiger partial charge in [-0.3, -0.25) is 9.69 Å². The van der Waals surface area contributed by atoms with Gasteiger partial charge in [0.2, 0.25) is 0 Å². The molecule has 1 saturated heterocycles. The summed E-state index contributed by atoms with van der Waals surface area (Å²) in [7, 11) is 0. The van der Waals surface area contributed by atoms with E-state index in [1.54, 1.807) is 0 Å². The number of benzene rings is 2. The van der Waals surface area contributed by atoms with E-state index in [1.165, 1.54) is 4.90 Å². The van der Waals surface area contributed by atoms with Crippen LogP contribution in [0, 0.1) is 0 Å². The highest BCUT2D eigenvalue weighted by Crippen LogP contribution is 2.41. The van der Waals surface area contributed by atoms with Gasteiger partial charge in [0.1, 0.15) is 18.8 Å². The molecule has 5 rings (SSSR count). The van der Waals surface area contributed by atoms with E-state index in [0.717, 1.165) is 34.0 Å². The number of hydrogen-bond donors (Lipinski definition) is 1. The number of rotatable bonds is 2. The molecule has 1 aliphatic carbocycles. The lowest BCUT2D eigenvalue weighted by molar-refractivity contribution is -0.132. The number of aryl methyl sites for hydroxylation is 1. The van der Waals surface area contributed by atoms with Gasteiger partial charge < -0.3 is 14.8 Å². The first-order valence-corrected chi connectivity index (χ1v) is 10.2. The van der Waals surface area contributed by atoms with Gasteiger partial charge in [-0.1, -0.05) is 40.2 Å². The van der Waals surface area contributed by atoms with Crippen molar-refractivity contribution in [2.24, 2.45) is 0 Å². The number of fused-ring (bicyclic) bond motifs is 3. The third-order valence-corrected chi connectivity index (χ3v) is 6.43. The lowest BCUT2D eigenvalue weighted by Crippen LogP contribution is -2.46. The molecule has 7 heteroatoms. The number of carbonyl (C=O) groups excluding carboxylic acids is 2. The average Bonchev–Trinajstić information content (AvgIpc) is 2.93. The van der Waals surface area contributed by atoms with Gasteiger partial charge in [-0.25, -0.2) is 4.79 Å². The fraction of sp³-hybridized carbons (Fsp3) is 0.333. The quantitative estimate of drug-likeness (QED) is 0.722. The summed E-state index contributed by atoms with van der Waals surface area (Å²) in [6, 6.07) is 11.2. The number of nitrogens with one attached hydrogen (secondary N) is 1. The second kappa shape index (κ2) is 6.51. The molecule has 2 aliphatic heterocycles. The third-order valence-electron chi connectivity index (χ3n) is 5.69. The molecule has 6 nitrogen and oxygen atoms in total. The predicted molar refractivity (Wildman–Crippen MR) is 105 cm³/mol. The highest BCUT2D eigenvalue weighted by molar-refractivity contribution is 9.10. The molecule has 1 spiro atoms. The number of carbonyl (C=O) groups is 2.